The number of rotatable bonds is 12. The van der Waals surface area contributed by atoms with E-state index in [4.69, 9.17) is 9.97 Å². The zero-order valence-electron chi connectivity index (χ0n) is 32.8. The molecule has 9 rings (SSSR count). The molecular formula is C48H30N4O8S4. The Balaban J connectivity index is 1.39. The Labute approximate surface area is 378 Å². The first kappa shape index (κ1) is 41.6. The zero-order chi connectivity index (χ0) is 44.5. The fraction of sp³-hybridized carbons (Fsp3) is 0. The van der Waals surface area contributed by atoms with Crippen molar-refractivity contribution in [1.82, 2.24) is 19.9 Å². The Hall–Kier alpha value is -7.76. The third-order valence-corrected chi connectivity index (χ3v) is 14.1. The van der Waals surface area contributed by atoms with Gasteiger partial charge in [-0.05, 0) is 121 Å². The highest BCUT2D eigenvalue weighted by Crippen LogP contribution is 2.43. The molecule has 64 heavy (non-hydrogen) atoms. The molecule has 0 aliphatic carbocycles. The number of fused-ring (bicyclic) bond motifs is 8. The molecule has 0 saturated carbocycles. The molecule has 2 aliphatic rings. The average molecular weight is 919 g/mol. The predicted octanol–water partition coefficient (Wildman–Crippen LogP) is 12.0. The third kappa shape index (κ3) is 8.79. The van der Waals surface area contributed by atoms with Crippen LogP contribution in [-0.2, 0) is 19.2 Å². The smallest absolute Gasteiger partial charge is 0.328 e. The summed E-state index contributed by atoms with van der Waals surface area (Å²) in [5.74, 6) is -4.24. The fourth-order valence-electron chi connectivity index (χ4n) is 7.16. The van der Waals surface area contributed by atoms with Crippen LogP contribution in [0, 0.1) is 0 Å². The van der Waals surface area contributed by atoms with Gasteiger partial charge < -0.3 is 30.4 Å². The number of carboxylic acids is 4. The SMILES string of the molecule is O=C(O)/C=C/c1ccc(-c2c3nc(c(-c4ccc(/C=C/C(=O)O)s4)c4ccc([nH]4)c(-c4ccc(/C=C/C(=O)O)s4)c4nc(c(-c5ccc(/C=C/C(=O)O)s5)c5ccc2[nH]5)C=C4)C=C3)s1. The summed E-state index contributed by atoms with van der Waals surface area (Å²) in [5, 5.41) is 37.4. The molecule has 314 valence electrons. The Kier molecular flexibility index (Phi) is 11.4. The van der Waals surface area contributed by atoms with E-state index in [2.05, 4.69) is 9.97 Å². The highest BCUT2D eigenvalue weighted by Gasteiger charge is 2.21. The van der Waals surface area contributed by atoms with Crippen LogP contribution >= 0.6 is 45.3 Å². The normalized spacial score (nSPS) is 12.5. The van der Waals surface area contributed by atoms with Crippen LogP contribution in [0.3, 0.4) is 0 Å². The van der Waals surface area contributed by atoms with Crippen LogP contribution in [0.25, 0.3) is 112 Å². The maximum absolute atomic E-state index is 11.4. The van der Waals surface area contributed by atoms with Crippen molar-refractivity contribution in [3.8, 4) is 41.8 Å². The van der Waals surface area contributed by atoms with Crippen molar-refractivity contribution < 1.29 is 39.6 Å². The minimum Gasteiger partial charge on any atom is -0.478 e. The number of hydrogen-bond donors (Lipinski definition) is 6. The summed E-state index contributed by atoms with van der Waals surface area (Å²) < 4.78 is 0. The molecule has 16 heteroatoms. The molecule has 2 aliphatic heterocycles. The maximum atomic E-state index is 11.4. The summed E-state index contributed by atoms with van der Waals surface area (Å²) >= 11 is 5.64. The van der Waals surface area contributed by atoms with Crippen LogP contribution in [0.2, 0.25) is 0 Å². The minimum atomic E-state index is -1.06. The first-order valence-corrected chi connectivity index (χ1v) is 22.4. The van der Waals surface area contributed by atoms with Crippen LogP contribution < -0.4 is 0 Å². The number of thiophene rings is 4. The maximum Gasteiger partial charge on any atom is 0.328 e. The minimum absolute atomic E-state index is 0.637. The van der Waals surface area contributed by atoms with Crippen LogP contribution in [0.1, 0.15) is 42.3 Å². The molecule has 0 atom stereocenters. The van der Waals surface area contributed by atoms with Crippen molar-refractivity contribution in [2.75, 3.05) is 0 Å². The standard InChI is InChI=1S/C48H30N4O8S4/c53-41(54)21-5-25-1-17-37(61-25)45-29-9-11-31(49-29)46(38-18-2-26(62-38)6-22-42(55)56)33-13-15-35(51-33)48(40-20-4-28(64-40)8-24-44(59)60)36-16-14-34(52-36)47(32-12-10-30(45)50-32)39-19-3-27(63-39)7-23-43(57)58/h1-24,49,52H,(H,53,54)(H,55,56)(H,57,58)(H,59,60)/b21-5+,22-6+,23-7+,24-8+,45-29?,45-30?,46-31?,46-33?,47-32?,47-34?,48-35?,48-36?. The first-order valence-electron chi connectivity index (χ1n) is 19.2. The van der Waals surface area contributed by atoms with E-state index in [1.807, 2.05) is 97.1 Å². The van der Waals surface area contributed by atoms with Gasteiger partial charge in [0.1, 0.15) is 0 Å². The van der Waals surface area contributed by atoms with Gasteiger partial charge in [-0.1, -0.05) is 0 Å². The quantitative estimate of drug-likeness (QED) is 0.0639. The molecule has 0 fully saturated rings. The Morgan fingerprint density at radius 3 is 0.828 bits per heavy atom. The van der Waals surface area contributed by atoms with Crippen molar-refractivity contribution in [2.45, 2.75) is 0 Å². The number of aliphatic carboxylic acids is 4. The molecule has 0 radical (unpaired) electrons. The van der Waals surface area contributed by atoms with Crippen molar-refractivity contribution in [3.63, 3.8) is 0 Å². The molecule has 12 nitrogen and oxygen atoms in total. The van der Waals surface area contributed by atoms with Gasteiger partial charge in [-0.25, -0.2) is 29.1 Å². The molecule has 0 amide bonds. The highest BCUT2D eigenvalue weighted by atomic mass is 32.1. The number of aromatic nitrogens is 4. The predicted molar refractivity (Wildman–Crippen MR) is 259 cm³/mol. The molecule has 6 N–H and O–H groups in total. The number of H-pyrrole nitrogens is 2. The Morgan fingerprint density at radius 2 is 0.609 bits per heavy atom. The summed E-state index contributed by atoms with van der Waals surface area (Å²) in [6, 6.07) is 23.0. The van der Waals surface area contributed by atoms with Gasteiger partial charge in [-0.2, -0.15) is 0 Å². The lowest BCUT2D eigenvalue weighted by atomic mass is 10.1. The first-order chi connectivity index (χ1) is 30.9. The van der Waals surface area contributed by atoms with Crippen LogP contribution in [0.5, 0.6) is 0 Å². The molecule has 0 saturated heterocycles. The average Bonchev–Trinajstić information content (AvgIpc) is 4.11. The zero-order valence-corrected chi connectivity index (χ0v) is 36.1. The second kappa shape index (κ2) is 17.5. The van der Waals surface area contributed by atoms with Gasteiger partial charge in [0.25, 0.3) is 0 Å². The van der Waals surface area contributed by atoms with E-state index in [1.165, 1.54) is 45.3 Å². The van der Waals surface area contributed by atoms with Gasteiger partial charge in [-0.15, -0.1) is 45.3 Å². The number of aromatic amines is 2. The van der Waals surface area contributed by atoms with Gasteiger partial charge in [0.2, 0.25) is 0 Å². The molecule has 0 aromatic carbocycles. The Morgan fingerprint density at radius 1 is 0.375 bits per heavy atom. The van der Waals surface area contributed by atoms with Gasteiger partial charge in [-0.3, -0.25) is 0 Å². The fourth-order valence-corrected chi connectivity index (χ4v) is 11.1. The topological polar surface area (TPSA) is 207 Å². The second-order valence-electron chi connectivity index (χ2n) is 14.0. The lowest BCUT2D eigenvalue weighted by Crippen LogP contribution is -1.87. The number of carbonyl (C=O) groups is 4. The second-order valence-corrected chi connectivity index (χ2v) is 18.5. The molecular weight excluding hydrogens is 889 g/mol. The molecule has 9 heterocycles. The summed E-state index contributed by atoms with van der Waals surface area (Å²) in [4.78, 5) is 69.8. The van der Waals surface area contributed by atoms with Crippen LogP contribution in [0.15, 0.2) is 97.1 Å². The van der Waals surface area contributed by atoms with E-state index in [-0.39, 0.29) is 0 Å². The van der Waals surface area contributed by atoms with E-state index in [0.717, 1.165) is 108 Å². The van der Waals surface area contributed by atoms with Gasteiger partial charge >= 0.3 is 23.9 Å². The van der Waals surface area contributed by atoms with Crippen molar-refractivity contribution in [2.24, 2.45) is 0 Å². The molecule has 8 bridgehead atoms. The van der Waals surface area contributed by atoms with E-state index >= 15 is 0 Å². The number of hydrogen-bond acceptors (Lipinski definition) is 10. The lowest BCUT2D eigenvalue weighted by molar-refractivity contribution is -0.132. The third-order valence-electron chi connectivity index (χ3n) is 9.81. The van der Waals surface area contributed by atoms with E-state index in [0.29, 0.717) is 22.8 Å². The lowest BCUT2D eigenvalue weighted by Gasteiger charge is -2.04. The van der Waals surface area contributed by atoms with Crippen molar-refractivity contribution >= 4 is 140 Å². The summed E-state index contributed by atoms with van der Waals surface area (Å²) in [6.07, 6.45) is 18.3. The molecule has 0 spiro atoms. The van der Waals surface area contributed by atoms with E-state index in [9.17, 15) is 39.6 Å². The van der Waals surface area contributed by atoms with Gasteiger partial charge in [0.05, 0.1) is 22.8 Å². The van der Waals surface area contributed by atoms with Gasteiger partial charge in [0, 0.05) is 108 Å². The summed E-state index contributed by atoms with van der Waals surface area (Å²) in [7, 11) is 0. The van der Waals surface area contributed by atoms with Crippen LogP contribution in [-0.4, -0.2) is 64.2 Å². The van der Waals surface area contributed by atoms with Crippen molar-refractivity contribution in [1.29, 1.82) is 0 Å². The number of nitrogens with zero attached hydrogens (tertiary/aromatic N) is 2. The monoisotopic (exact) mass is 918 g/mol. The molecule has 7 aromatic rings. The number of carboxylic acid groups (broad SMARTS) is 4. The van der Waals surface area contributed by atoms with Gasteiger partial charge in [0.15, 0.2) is 0 Å². The molecule has 0 unspecified atom stereocenters. The van der Waals surface area contributed by atoms with Crippen molar-refractivity contribution in [3.05, 3.63) is 139 Å². The highest BCUT2D eigenvalue weighted by molar-refractivity contribution is 7.17. The summed E-state index contributed by atoms with van der Waals surface area (Å²) in [5.41, 5.74) is 8.50. The summed E-state index contributed by atoms with van der Waals surface area (Å²) in [6.45, 7) is 0. The van der Waals surface area contributed by atoms with E-state index in [1.54, 1.807) is 24.3 Å². The Bertz CT molecular complexity index is 2990. The van der Waals surface area contributed by atoms with Crippen LogP contribution in [0.4, 0.5) is 0 Å². The molecule has 7 aromatic heterocycles. The number of nitrogens with one attached hydrogen (secondary N) is 2. The largest absolute Gasteiger partial charge is 0.478 e. The van der Waals surface area contributed by atoms with E-state index < -0.39 is 23.9 Å².